The van der Waals surface area contributed by atoms with Crippen molar-refractivity contribution in [2.45, 2.75) is 6.92 Å². The van der Waals surface area contributed by atoms with Crippen molar-refractivity contribution in [2.24, 2.45) is 0 Å². The van der Waals surface area contributed by atoms with Gasteiger partial charge in [0.2, 0.25) is 0 Å². The van der Waals surface area contributed by atoms with Crippen LogP contribution in [0.4, 0.5) is 0 Å². The SMILES string of the molecule is CCOC(=O)C=Cc1cncc(C#N)c1. The van der Waals surface area contributed by atoms with Gasteiger partial charge in [-0.25, -0.2) is 4.79 Å². The van der Waals surface area contributed by atoms with Crippen LogP contribution in [-0.2, 0) is 9.53 Å². The third-order valence-corrected chi connectivity index (χ3v) is 1.59. The number of nitriles is 1. The van der Waals surface area contributed by atoms with Crippen LogP contribution in [0.2, 0.25) is 0 Å². The Hall–Kier alpha value is -2.15. The first-order chi connectivity index (χ1) is 7.26. The van der Waals surface area contributed by atoms with Crippen molar-refractivity contribution in [3.05, 3.63) is 35.7 Å². The summed E-state index contributed by atoms with van der Waals surface area (Å²) in [6.45, 7) is 2.09. The number of rotatable bonds is 3. The van der Waals surface area contributed by atoms with Crippen LogP contribution in [0.15, 0.2) is 24.5 Å². The van der Waals surface area contributed by atoms with Crippen LogP contribution >= 0.6 is 0 Å². The maximum Gasteiger partial charge on any atom is 0.330 e. The molecule has 0 spiro atoms. The summed E-state index contributed by atoms with van der Waals surface area (Å²) in [6, 6.07) is 3.61. The quantitative estimate of drug-likeness (QED) is 0.550. The smallest absolute Gasteiger partial charge is 0.330 e. The molecule has 15 heavy (non-hydrogen) atoms. The van der Waals surface area contributed by atoms with E-state index >= 15 is 0 Å². The van der Waals surface area contributed by atoms with E-state index in [-0.39, 0.29) is 0 Å². The Morgan fingerprint density at radius 1 is 1.67 bits per heavy atom. The molecule has 0 fully saturated rings. The minimum absolute atomic E-state index is 0.347. The van der Waals surface area contributed by atoms with E-state index in [2.05, 4.69) is 4.98 Å². The van der Waals surface area contributed by atoms with E-state index in [0.717, 1.165) is 0 Å². The molecule has 1 aromatic heterocycles. The summed E-state index contributed by atoms with van der Waals surface area (Å²) in [4.78, 5) is 14.8. The molecular formula is C11H10N2O2. The lowest BCUT2D eigenvalue weighted by Crippen LogP contribution is -1.98. The first kappa shape index (κ1) is 10.9. The van der Waals surface area contributed by atoms with E-state index in [1.165, 1.54) is 12.3 Å². The zero-order valence-electron chi connectivity index (χ0n) is 8.30. The Bertz CT molecular complexity index is 419. The number of ether oxygens (including phenoxy) is 1. The molecule has 0 bridgehead atoms. The third kappa shape index (κ3) is 3.61. The highest BCUT2D eigenvalue weighted by atomic mass is 16.5. The number of esters is 1. The molecule has 0 amide bonds. The van der Waals surface area contributed by atoms with Gasteiger partial charge in [-0.1, -0.05) is 0 Å². The zero-order chi connectivity index (χ0) is 11.1. The second-order valence-electron chi connectivity index (χ2n) is 2.70. The number of pyridine rings is 1. The van der Waals surface area contributed by atoms with Crippen LogP contribution in [0.1, 0.15) is 18.1 Å². The normalized spacial score (nSPS) is 9.87. The summed E-state index contributed by atoms with van der Waals surface area (Å²) in [5, 5.41) is 8.62. The molecular weight excluding hydrogens is 192 g/mol. The van der Waals surface area contributed by atoms with Crippen LogP contribution < -0.4 is 0 Å². The Labute approximate surface area is 87.8 Å². The van der Waals surface area contributed by atoms with Gasteiger partial charge in [-0.15, -0.1) is 0 Å². The Balaban J connectivity index is 2.72. The van der Waals surface area contributed by atoms with Gasteiger partial charge in [0.25, 0.3) is 0 Å². The molecule has 0 saturated carbocycles. The molecule has 0 unspecified atom stereocenters. The van der Waals surface area contributed by atoms with Crippen molar-refractivity contribution in [3.8, 4) is 6.07 Å². The molecule has 0 atom stereocenters. The van der Waals surface area contributed by atoms with Crippen LogP contribution in [0.5, 0.6) is 0 Å². The van der Waals surface area contributed by atoms with Crippen molar-refractivity contribution in [2.75, 3.05) is 6.61 Å². The lowest BCUT2D eigenvalue weighted by atomic mass is 10.2. The number of nitrogens with zero attached hydrogens (tertiary/aromatic N) is 2. The van der Waals surface area contributed by atoms with Crippen molar-refractivity contribution in [1.29, 1.82) is 5.26 Å². The molecule has 4 heteroatoms. The van der Waals surface area contributed by atoms with Crippen LogP contribution in [0, 0.1) is 11.3 Å². The summed E-state index contributed by atoms with van der Waals surface area (Å²) < 4.78 is 4.71. The van der Waals surface area contributed by atoms with Gasteiger partial charge in [-0.3, -0.25) is 4.98 Å². The second-order valence-corrected chi connectivity index (χ2v) is 2.70. The van der Waals surface area contributed by atoms with E-state index in [9.17, 15) is 4.79 Å². The molecule has 1 rings (SSSR count). The van der Waals surface area contributed by atoms with Gasteiger partial charge in [0, 0.05) is 18.5 Å². The fraction of sp³-hybridized carbons (Fsp3) is 0.182. The van der Waals surface area contributed by atoms with Crippen LogP contribution in [0.3, 0.4) is 0 Å². The highest BCUT2D eigenvalue weighted by Crippen LogP contribution is 2.03. The van der Waals surface area contributed by atoms with Crippen molar-refractivity contribution >= 4 is 12.0 Å². The van der Waals surface area contributed by atoms with Crippen molar-refractivity contribution < 1.29 is 9.53 Å². The number of hydrogen-bond donors (Lipinski definition) is 0. The van der Waals surface area contributed by atoms with Gasteiger partial charge in [0.1, 0.15) is 6.07 Å². The van der Waals surface area contributed by atoms with Crippen LogP contribution in [0.25, 0.3) is 6.08 Å². The maximum absolute atomic E-state index is 11.0. The summed E-state index contributed by atoms with van der Waals surface area (Å²) in [6.07, 6.45) is 5.89. The fourth-order valence-electron chi connectivity index (χ4n) is 0.965. The molecule has 1 heterocycles. The van der Waals surface area contributed by atoms with Gasteiger partial charge in [-0.2, -0.15) is 5.26 Å². The molecule has 0 radical (unpaired) electrons. The number of carbonyl (C=O) groups excluding carboxylic acids is 1. The summed E-state index contributed by atoms with van der Waals surface area (Å²) in [5.41, 5.74) is 1.16. The average molecular weight is 202 g/mol. The first-order valence-corrected chi connectivity index (χ1v) is 4.46. The Morgan fingerprint density at radius 2 is 2.47 bits per heavy atom. The summed E-state index contributed by atoms with van der Waals surface area (Å²) in [5.74, 6) is -0.403. The number of hydrogen-bond acceptors (Lipinski definition) is 4. The molecule has 0 aromatic carbocycles. The monoisotopic (exact) mass is 202 g/mol. The lowest BCUT2D eigenvalue weighted by molar-refractivity contribution is -0.137. The van der Waals surface area contributed by atoms with Crippen molar-refractivity contribution in [3.63, 3.8) is 0 Å². The first-order valence-electron chi connectivity index (χ1n) is 4.46. The van der Waals surface area contributed by atoms with Gasteiger partial charge >= 0.3 is 5.97 Å². The third-order valence-electron chi connectivity index (χ3n) is 1.59. The molecule has 4 nitrogen and oxygen atoms in total. The standard InChI is InChI=1S/C11H10N2O2/c1-2-15-11(14)4-3-9-5-10(6-12)8-13-7-9/h3-5,7-8H,2H2,1H3. The number of carbonyl (C=O) groups is 1. The molecule has 1 aromatic rings. The van der Waals surface area contributed by atoms with Gasteiger partial charge in [0.15, 0.2) is 0 Å². The van der Waals surface area contributed by atoms with Crippen LogP contribution in [-0.4, -0.2) is 17.6 Å². The molecule has 0 saturated heterocycles. The molecule has 0 N–H and O–H groups in total. The predicted octanol–water partition coefficient (Wildman–Crippen LogP) is 1.53. The largest absolute Gasteiger partial charge is 0.463 e. The number of aromatic nitrogens is 1. The maximum atomic E-state index is 11.0. The van der Waals surface area contributed by atoms with Crippen molar-refractivity contribution in [1.82, 2.24) is 4.98 Å². The zero-order valence-corrected chi connectivity index (χ0v) is 8.30. The highest BCUT2D eigenvalue weighted by Gasteiger charge is 1.95. The molecule has 0 aliphatic rings. The van der Waals surface area contributed by atoms with Gasteiger partial charge < -0.3 is 4.74 Å². The molecule has 76 valence electrons. The lowest BCUT2D eigenvalue weighted by Gasteiger charge is -1.95. The van der Waals surface area contributed by atoms with Gasteiger partial charge in [-0.05, 0) is 24.6 Å². The van der Waals surface area contributed by atoms with Gasteiger partial charge in [0.05, 0.1) is 12.2 Å². The average Bonchev–Trinajstić information content (AvgIpc) is 2.27. The topological polar surface area (TPSA) is 63.0 Å². The van der Waals surface area contributed by atoms with E-state index in [1.807, 2.05) is 6.07 Å². The predicted molar refractivity (Wildman–Crippen MR) is 54.6 cm³/mol. The summed E-state index contributed by atoms with van der Waals surface area (Å²) >= 11 is 0. The van der Waals surface area contributed by atoms with E-state index in [1.54, 1.807) is 25.3 Å². The van der Waals surface area contributed by atoms with E-state index in [0.29, 0.717) is 17.7 Å². The minimum Gasteiger partial charge on any atom is -0.463 e. The van der Waals surface area contributed by atoms with E-state index in [4.69, 9.17) is 10.00 Å². The Morgan fingerprint density at radius 3 is 3.13 bits per heavy atom. The highest BCUT2D eigenvalue weighted by molar-refractivity contribution is 5.86. The summed E-state index contributed by atoms with van der Waals surface area (Å²) in [7, 11) is 0. The fourth-order valence-corrected chi connectivity index (χ4v) is 0.965. The second kappa shape index (κ2) is 5.55. The minimum atomic E-state index is -0.403. The Kier molecular flexibility index (Phi) is 4.05. The molecule has 0 aliphatic heterocycles. The molecule has 0 aliphatic carbocycles. The van der Waals surface area contributed by atoms with E-state index < -0.39 is 5.97 Å².